The molecule has 0 unspecified atom stereocenters. The number of hydrogen-bond acceptors (Lipinski definition) is 7. The molecule has 8 nitrogen and oxygen atoms in total. The minimum atomic E-state index is -0.462. The molecule has 1 aliphatic carbocycles. The summed E-state index contributed by atoms with van der Waals surface area (Å²) in [5.74, 6) is 0.629. The first-order chi connectivity index (χ1) is 16.4. The number of rotatable bonds is 4. The fourth-order valence-electron chi connectivity index (χ4n) is 5.87. The summed E-state index contributed by atoms with van der Waals surface area (Å²) < 4.78 is 11.0. The smallest absolute Gasteiger partial charge is 0.229 e. The number of piperazine rings is 1. The standard InChI is InChI=1S/C25H31ClN4O4/c1-24(14-34-13-21(24)31)30-5-3-29(4-6-30)20-9-16-10-22(27-12-17(16)8-19(20)26)28-23(32)18-11-25(18)2-7-33-15-25/h8-10,12,18,21,31H,2-7,11,13-15H2,1H3,(H,27,28,32)/t18-,21+,24-,25-/m1/s1. The lowest BCUT2D eigenvalue weighted by atomic mass is 9.95. The number of carbonyl (C=O) groups is 1. The third-order valence-corrected chi connectivity index (χ3v) is 8.71. The summed E-state index contributed by atoms with van der Waals surface area (Å²) in [4.78, 5) is 21.8. The second-order valence-corrected chi connectivity index (χ2v) is 10.9. The summed E-state index contributed by atoms with van der Waals surface area (Å²) in [6, 6.07) is 5.96. The van der Waals surface area contributed by atoms with Gasteiger partial charge < -0.3 is 24.8 Å². The van der Waals surface area contributed by atoms with Crippen molar-refractivity contribution < 1.29 is 19.4 Å². The summed E-state index contributed by atoms with van der Waals surface area (Å²) in [7, 11) is 0. The molecule has 0 bridgehead atoms. The molecule has 2 aromatic rings. The number of fused-ring (bicyclic) bond motifs is 1. The molecule has 3 saturated heterocycles. The van der Waals surface area contributed by atoms with Crippen molar-refractivity contribution in [3.8, 4) is 0 Å². The number of nitrogens with one attached hydrogen (secondary N) is 1. The van der Waals surface area contributed by atoms with E-state index < -0.39 is 6.10 Å². The number of benzene rings is 1. The van der Waals surface area contributed by atoms with Crippen LogP contribution in [0.1, 0.15) is 19.8 Å². The number of amides is 1. The van der Waals surface area contributed by atoms with Crippen LogP contribution in [0.25, 0.3) is 10.8 Å². The van der Waals surface area contributed by atoms with E-state index in [-0.39, 0.29) is 22.8 Å². The van der Waals surface area contributed by atoms with Crippen LogP contribution < -0.4 is 10.2 Å². The fraction of sp³-hybridized carbons (Fsp3) is 0.600. The lowest BCUT2D eigenvalue weighted by Crippen LogP contribution is -2.60. The normalized spacial score (nSPS) is 33.7. The van der Waals surface area contributed by atoms with Crippen LogP contribution >= 0.6 is 11.6 Å². The van der Waals surface area contributed by atoms with Gasteiger partial charge in [-0.05, 0) is 43.4 Å². The topological polar surface area (TPSA) is 87.2 Å². The van der Waals surface area contributed by atoms with Crippen molar-refractivity contribution in [2.45, 2.75) is 31.4 Å². The number of nitrogens with zero attached hydrogens (tertiary/aromatic N) is 3. The van der Waals surface area contributed by atoms with E-state index in [1.807, 2.05) is 12.1 Å². The number of aliphatic hydroxyl groups excluding tert-OH is 1. The third kappa shape index (κ3) is 3.76. The second-order valence-electron chi connectivity index (χ2n) is 10.5. The van der Waals surface area contributed by atoms with Gasteiger partial charge >= 0.3 is 0 Å². The predicted molar refractivity (Wildman–Crippen MR) is 130 cm³/mol. The van der Waals surface area contributed by atoms with Gasteiger partial charge in [-0.3, -0.25) is 9.69 Å². The van der Waals surface area contributed by atoms with E-state index >= 15 is 0 Å². The maximum Gasteiger partial charge on any atom is 0.229 e. The molecule has 2 N–H and O–H groups in total. The summed E-state index contributed by atoms with van der Waals surface area (Å²) in [6.07, 6.45) is 3.18. The number of aliphatic hydroxyl groups is 1. The number of carbonyl (C=O) groups excluding carboxylic acids is 1. The van der Waals surface area contributed by atoms with Crippen molar-refractivity contribution in [3.05, 3.63) is 29.4 Å². The molecule has 6 rings (SSSR count). The Balaban J connectivity index is 1.16. The lowest BCUT2D eigenvalue weighted by Gasteiger charge is -2.45. The first kappa shape index (κ1) is 22.5. The summed E-state index contributed by atoms with van der Waals surface area (Å²) in [6.45, 7) is 7.76. The van der Waals surface area contributed by atoms with Gasteiger partial charge in [0.1, 0.15) is 5.82 Å². The Hall–Kier alpha value is -1.97. The van der Waals surface area contributed by atoms with Crippen molar-refractivity contribution in [1.29, 1.82) is 0 Å². The molecule has 1 aromatic heterocycles. The molecule has 34 heavy (non-hydrogen) atoms. The van der Waals surface area contributed by atoms with Gasteiger partial charge in [-0.2, -0.15) is 0 Å². The van der Waals surface area contributed by atoms with Crippen LogP contribution in [0.5, 0.6) is 0 Å². The monoisotopic (exact) mass is 486 g/mol. The molecule has 4 aliphatic rings. The van der Waals surface area contributed by atoms with Gasteiger partial charge in [-0.1, -0.05) is 11.6 Å². The minimum absolute atomic E-state index is 0.0233. The van der Waals surface area contributed by atoms with Gasteiger partial charge in [-0.25, -0.2) is 4.98 Å². The average molecular weight is 487 g/mol. The van der Waals surface area contributed by atoms with Crippen LogP contribution in [0, 0.1) is 11.3 Å². The Kier molecular flexibility index (Phi) is 5.50. The quantitative estimate of drug-likeness (QED) is 0.686. The van der Waals surface area contributed by atoms with Crippen molar-refractivity contribution >= 4 is 39.8 Å². The highest BCUT2D eigenvalue weighted by molar-refractivity contribution is 6.34. The Labute approximate surface area is 204 Å². The Morgan fingerprint density at radius 1 is 1.18 bits per heavy atom. The molecule has 0 radical (unpaired) electrons. The average Bonchev–Trinajstić information content (AvgIpc) is 3.14. The highest BCUT2D eigenvalue weighted by Crippen LogP contribution is 2.58. The van der Waals surface area contributed by atoms with E-state index in [0.717, 1.165) is 62.1 Å². The van der Waals surface area contributed by atoms with Crippen LogP contribution in [0.4, 0.5) is 11.5 Å². The van der Waals surface area contributed by atoms with E-state index in [0.29, 0.717) is 30.7 Å². The van der Waals surface area contributed by atoms with Crippen molar-refractivity contribution in [2.75, 3.05) is 62.8 Å². The van der Waals surface area contributed by atoms with E-state index in [1.54, 1.807) is 6.20 Å². The lowest BCUT2D eigenvalue weighted by molar-refractivity contribution is -0.118. The molecule has 1 spiro atoms. The summed E-state index contributed by atoms with van der Waals surface area (Å²) >= 11 is 6.67. The van der Waals surface area contributed by atoms with Gasteiger partial charge in [0.2, 0.25) is 5.91 Å². The molecule has 182 valence electrons. The second kappa shape index (κ2) is 8.31. The highest BCUT2D eigenvalue weighted by Gasteiger charge is 2.59. The largest absolute Gasteiger partial charge is 0.389 e. The van der Waals surface area contributed by atoms with Gasteiger partial charge in [-0.15, -0.1) is 0 Å². The number of hydrogen-bond donors (Lipinski definition) is 2. The van der Waals surface area contributed by atoms with E-state index in [2.05, 4.69) is 33.1 Å². The number of anilines is 2. The van der Waals surface area contributed by atoms with Gasteiger partial charge in [0.15, 0.2) is 0 Å². The first-order valence-corrected chi connectivity index (χ1v) is 12.5. The number of pyridine rings is 1. The van der Waals surface area contributed by atoms with Crippen LogP contribution in [0.3, 0.4) is 0 Å². The zero-order chi connectivity index (χ0) is 23.5. The molecule has 1 aromatic carbocycles. The fourth-order valence-corrected chi connectivity index (χ4v) is 6.16. The molecular weight excluding hydrogens is 456 g/mol. The predicted octanol–water partition coefficient (Wildman–Crippen LogP) is 2.53. The van der Waals surface area contributed by atoms with E-state index in [4.69, 9.17) is 21.1 Å². The molecule has 4 fully saturated rings. The molecule has 4 heterocycles. The Bertz CT molecular complexity index is 1120. The van der Waals surface area contributed by atoms with Crippen LogP contribution in [0.15, 0.2) is 24.4 Å². The van der Waals surface area contributed by atoms with Crippen molar-refractivity contribution in [1.82, 2.24) is 9.88 Å². The number of halogens is 1. The zero-order valence-corrected chi connectivity index (χ0v) is 20.2. The third-order valence-electron chi connectivity index (χ3n) is 8.41. The molecule has 1 amide bonds. The van der Waals surface area contributed by atoms with Gasteiger partial charge in [0.25, 0.3) is 0 Å². The highest BCUT2D eigenvalue weighted by atomic mass is 35.5. The van der Waals surface area contributed by atoms with Crippen LogP contribution in [-0.4, -0.2) is 85.1 Å². The maximum absolute atomic E-state index is 12.8. The number of aromatic nitrogens is 1. The maximum atomic E-state index is 12.8. The van der Waals surface area contributed by atoms with Crippen molar-refractivity contribution in [3.63, 3.8) is 0 Å². The van der Waals surface area contributed by atoms with Crippen LogP contribution in [0.2, 0.25) is 5.02 Å². The Morgan fingerprint density at radius 2 is 2.00 bits per heavy atom. The molecule has 1 saturated carbocycles. The first-order valence-electron chi connectivity index (χ1n) is 12.1. The minimum Gasteiger partial charge on any atom is -0.389 e. The van der Waals surface area contributed by atoms with E-state index in [1.165, 1.54) is 0 Å². The summed E-state index contributed by atoms with van der Waals surface area (Å²) in [5, 5.41) is 16.0. The van der Waals surface area contributed by atoms with Crippen LogP contribution in [-0.2, 0) is 14.3 Å². The molecular formula is C25H31ClN4O4. The number of ether oxygens (including phenoxy) is 2. The zero-order valence-electron chi connectivity index (χ0n) is 19.4. The van der Waals surface area contributed by atoms with Gasteiger partial charge in [0.05, 0.1) is 42.2 Å². The molecule has 4 atom stereocenters. The molecule has 9 heteroatoms. The Morgan fingerprint density at radius 3 is 2.71 bits per heavy atom. The van der Waals surface area contributed by atoms with Crippen molar-refractivity contribution in [2.24, 2.45) is 11.3 Å². The van der Waals surface area contributed by atoms with Gasteiger partial charge in [0, 0.05) is 55.7 Å². The SMILES string of the molecule is C[C@@]1(N2CCN(c3cc4cc(NC(=O)[C@H]5C[C@@]56CCOC6)ncc4cc3Cl)CC2)COC[C@@H]1O. The van der Waals surface area contributed by atoms with E-state index in [9.17, 15) is 9.90 Å². The molecule has 3 aliphatic heterocycles. The summed E-state index contributed by atoms with van der Waals surface area (Å²) in [5.41, 5.74) is 0.708.